The molecule has 1 atom stereocenters. The van der Waals surface area contributed by atoms with E-state index in [1.54, 1.807) is 31.2 Å². The van der Waals surface area contributed by atoms with Crippen molar-refractivity contribution in [2.75, 3.05) is 6.61 Å². The van der Waals surface area contributed by atoms with E-state index < -0.39 is 0 Å². The van der Waals surface area contributed by atoms with E-state index in [1.807, 2.05) is 0 Å². The number of aliphatic hydroxyl groups excluding tert-OH is 1. The Hall–Kier alpha value is -1.35. The maximum atomic E-state index is 11.4. The molecule has 1 aromatic rings. The van der Waals surface area contributed by atoms with E-state index in [0.717, 1.165) is 18.4 Å². The zero-order valence-electron chi connectivity index (χ0n) is 9.35. The Bertz CT molecular complexity index is 365. The Labute approximate surface area is 95.0 Å². The molecule has 1 fully saturated rings. The van der Waals surface area contributed by atoms with E-state index in [2.05, 4.69) is 0 Å². The van der Waals surface area contributed by atoms with E-state index >= 15 is 0 Å². The largest absolute Gasteiger partial charge is 0.462 e. The van der Waals surface area contributed by atoms with Crippen LogP contribution in [0.2, 0.25) is 0 Å². The predicted octanol–water partition coefficient (Wildman–Crippen LogP) is 2.31. The molecule has 0 saturated heterocycles. The molecule has 1 aliphatic rings. The summed E-state index contributed by atoms with van der Waals surface area (Å²) in [4.78, 5) is 11.4. The number of esters is 1. The number of hydrogen-bond acceptors (Lipinski definition) is 3. The fourth-order valence-corrected chi connectivity index (χ4v) is 1.71. The van der Waals surface area contributed by atoms with Crippen molar-refractivity contribution in [1.82, 2.24) is 0 Å². The first-order chi connectivity index (χ1) is 7.72. The summed E-state index contributed by atoms with van der Waals surface area (Å²) < 4.78 is 4.89. The zero-order chi connectivity index (χ0) is 11.5. The predicted molar refractivity (Wildman–Crippen MR) is 60.1 cm³/mol. The molecule has 3 heteroatoms. The molecule has 1 unspecified atom stereocenters. The highest BCUT2D eigenvalue weighted by Gasteiger charge is 2.30. The molecule has 86 valence electrons. The number of benzene rings is 1. The van der Waals surface area contributed by atoms with Crippen molar-refractivity contribution >= 4 is 5.97 Å². The number of carbonyl (C=O) groups is 1. The summed E-state index contributed by atoms with van der Waals surface area (Å²) in [7, 11) is 0. The van der Waals surface area contributed by atoms with Crippen LogP contribution < -0.4 is 0 Å². The normalized spacial score (nSPS) is 16.9. The molecule has 0 radical (unpaired) electrons. The second-order valence-corrected chi connectivity index (χ2v) is 4.12. The number of hydrogen-bond donors (Lipinski definition) is 1. The van der Waals surface area contributed by atoms with Gasteiger partial charge >= 0.3 is 5.97 Å². The Morgan fingerprint density at radius 3 is 2.56 bits per heavy atom. The molecule has 0 bridgehead atoms. The minimum absolute atomic E-state index is 0.310. The van der Waals surface area contributed by atoms with Gasteiger partial charge in [0.15, 0.2) is 0 Å². The van der Waals surface area contributed by atoms with Crippen LogP contribution in [0.1, 0.15) is 41.8 Å². The zero-order valence-corrected chi connectivity index (χ0v) is 9.35. The van der Waals surface area contributed by atoms with Gasteiger partial charge in [-0.3, -0.25) is 0 Å². The van der Waals surface area contributed by atoms with Crippen LogP contribution in [0.5, 0.6) is 0 Å². The van der Waals surface area contributed by atoms with Crippen LogP contribution in [0.4, 0.5) is 0 Å². The van der Waals surface area contributed by atoms with Crippen LogP contribution >= 0.6 is 0 Å². The Morgan fingerprint density at radius 2 is 2.06 bits per heavy atom. The Kier molecular flexibility index (Phi) is 3.25. The van der Waals surface area contributed by atoms with E-state index in [4.69, 9.17) is 4.74 Å². The minimum atomic E-state index is -0.378. The molecule has 0 spiro atoms. The summed E-state index contributed by atoms with van der Waals surface area (Å²) in [6.07, 6.45) is 1.82. The molecule has 0 amide bonds. The third-order valence-electron chi connectivity index (χ3n) is 2.83. The van der Waals surface area contributed by atoms with E-state index in [9.17, 15) is 9.90 Å². The summed E-state index contributed by atoms with van der Waals surface area (Å²) in [6.45, 7) is 2.16. The highest BCUT2D eigenvalue weighted by molar-refractivity contribution is 5.89. The second kappa shape index (κ2) is 4.66. The van der Waals surface area contributed by atoms with Gasteiger partial charge in [0.05, 0.1) is 18.3 Å². The maximum Gasteiger partial charge on any atom is 0.338 e. The molecule has 2 rings (SSSR count). The monoisotopic (exact) mass is 220 g/mol. The molecule has 1 saturated carbocycles. The van der Waals surface area contributed by atoms with Crippen LogP contribution in [0.3, 0.4) is 0 Å². The van der Waals surface area contributed by atoms with Gasteiger partial charge in [0.2, 0.25) is 0 Å². The molecule has 16 heavy (non-hydrogen) atoms. The number of ether oxygens (including phenoxy) is 1. The fraction of sp³-hybridized carbons (Fsp3) is 0.462. The van der Waals surface area contributed by atoms with E-state index in [1.165, 1.54) is 0 Å². The lowest BCUT2D eigenvalue weighted by Gasteiger charge is -2.09. The summed E-state index contributed by atoms with van der Waals surface area (Å²) >= 11 is 0. The molecule has 1 aromatic carbocycles. The number of carbonyl (C=O) groups excluding carboxylic acids is 1. The van der Waals surface area contributed by atoms with Gasteiger partial charge in [-0.1, -0.05) is 12.1 Å². The molecule has 1 N–H and O–H groups in total. The van der Waals surface area contributed by atoms with Crippen molar-refractivity contribution in [2.24, 2.45) is 5.92 Å². The van der Waals surface area contributed by atoms with Crippen molar-refractivity contribution in [1.29, 1.82) is 0 Å². The summed E-state index contributed by atoms with van der Waals surface area (Å²) in [6, 6.07) is 7.02. The molecule has 1 aliphatic carbocycles. The standard InChI is InChI=1S/C13H16O3/c1-2-16-13(15)11-7-5-10(6-8-11)12(14)9-3-4-9/h5-9,12,14H,2-4H2,1H3. The van der Waals surface area contributed by atoms with Gasteiger partial charge in [0.1, 0.15) is 0 Å². The summed E-state index contributed by atoms with van der Waals surface area (Å²) in [5.74, 6) is 0.100. The molecular formula is C13H16O3. The molecular weight excluding hydrogens is 204 g/mol. The first-order valence-electron chi connectivity index (χ1n) is 5.67. The minimum Gasteiger partial charge on any atom is -0.462 e. The summed E-state index contributed by atoms with van der Waals surface area (Å²) in [5.41, 5.74) is 1.42. The van der Waals surface area contributed by atoms with Crippen molar-refractivity contribution in [3.63, 3.8) is 0 Å². The fourth-order valence-electron chi connectivity index (χ4n) is 1.71. The van der Waals surface area contributed by atoms with E-state index in [0.29, 0.717) is 18.1 Å². The van der Waals surface area contributed by atoms with Gasteiger partial charge in [-0.2, -0.15) is 0 Å². The lowest BCUT2D eigenvalue weighted by Crippen LogP contribution is -2.05. The van der Waals surface area contributed by atoms with Crippen molar-refractivity contribution < 1.29 is 14.6 Å². The van der Waals surface area contributed by atoms with Gasteiger partial charge < -0.3 is 9.84 Å². The van der Waals surface area contributed by atoms with Crippen molar-refractivity contribution in [3.05, 3.63) is 35.4 Å². The SMILES string of the molecule is CCOC(=O)c1ccc(C(O)C2CC2)cc1. The van der Waals surface area contributed by atoms with Crippen LogP contribution in [-0.4, -0.2) is 17.7 Å². The molecule has 0 aromatic heterocycles. The van der Waals surface area contributed by atoms with Gasteiger partial charge in [0, 0.05) is 0 Å². The highest BCUT2D eigenvalue weighted by Crippen LogP contribution is 2.40. The summed E-state index contributed by atoms with van der Waals surface area (Å²) in [5, 5.41) is 9.88. The van der Waals surface area contributed by atoms with Gasteiger partial charge in [0.25, 0.3) is 0 Å². The smallest absolute Gasteiger partial charge is 0.338 e. The van der Waals surface area contributed by atoms with Crippen LogP contribution in [0.15, 0.2) is 24.3 Å². The van der Waals surface area contributed by atoms with Gasteiger partial charge in [-0.25, -0.2) is 4.79 Å². The molecule has 0 heterocycles. The first kappa shape index (κ1) is 11.1. The average Bonchev–Trinajstić information content (AvgIpc) is 3.12. The topological polar surface area (TPSA) is 46.5 Å². The Balaban J connectivity index is 2.06. The van der Waals surface area contributed by atoms with Crippen molar-refractivity contribution in [2.45, 2.75) is 25.9 Å². The lowest BCUT2D eigenvalue weighted by molar-refractivity contribution is 0.0526. The van der Waals surface area contributed by atoms with Gasteiger partial charge in [-0.15, -0.1) is 0 Å². The average molecular weight is 220 g/mol. The number of rotatable bonds is 4. The van der Waals surface area contributed by atoms with Crippen LogP contribution in [-0.2, 0) is 4.74 Å². The second-order valence-electron chi connectivity index (χ2n) is 4.12. The van der Waals surface area contributed by atoms with Crippen LogP contribution in [0, 0.1) is 5.92 Å². The van der Waals surface area contributed by atoms with E-state index in [-0.39, 0.29) is 12.1 Å². The van der Waals surface area contributed by atoms with Crippen molar-refractivity contribution in [3.8, 4) is 0 Å². The Morgan fingerprint density at radius 1 is 1.44 bits per heavy atom. The van der Waals surface area contributed by atoms with Gasteiger partial charge in [-0.05, 0) is 43.4 Å². The number of aliphatic hydroxyl groups is 1. The first-order valence-corrected chi connectivity index (χ1v) is 5.67. The third kappa shape index (κ3) is 2.42. The third-order valence-corrected chi connectivity index (χ3v) is 2.83. The molecule has 0 aliphatic heterocycles. The van der Waals surface area contributed by atoms with Crippen LogP contribution in [0.25, 0.3) is 0 Å². The lowest BCUT2D eigenvalue weighted by atomic mass is 10.0. The highest BCUT2D eigenvalue weighted by atomic mass is 16.5. The molecule has 3 nitrogen and oxygen atoms in total. The quantitative estimate of drug-likeness (QED) is 0.792. The maximum absolute atomic E-state index is 11.4.